The number of carbonyl (C=O) groups is 2. The summed E-state index contributed by atoms with van der Waals surface area (Å²) in [6.07, 6.45) is 1.57. The molecule has 1 aromatic carbocycles. The number of methoxy groups -OCH3 is 1. The number of hydrogen-bond donors (Lipinski definition) is 0. The van der Waals surface area contributed by atoms with Crippen molar-refractivity contribution in [2.45, 2.75) is 12.5 Å². The van der Waals surface area contributed by atoms with Gasteiger partial charge in [-0.1, -0.05) is 0 Å². The lowest BCUT2D eigenvalue weighted by Gasteiger charge is -2.39. The van der Waals surface area contributed by atoms with E-state index in [1.165, 1.54) is 6.20 Å². The molecule has 8 heteroatoms. The first-order chi connectivity index (χ1) is 14.1. The van der Waals surface area contributed by atoms with Crippen LogP contribution < -0.4 is 14.4 Å². The highest BCUT2D eigenvalue weighted by atomic mass is 16.5. The maximum Gasteiger partial charge on any atom is 0.228 e. The summed E-state index contributed by atoms with van der Waals surface area (Å²) in [7, 11) is 1.59. The summed E-state index contributed by atoms with van der Waals surface area (Å²) in [6, 6.07) is 12.5. The van der Waals surface area contributed by atoms with Crippen LogP contribution in [0, 0.1) is 17.2 Å². The molecule has 0 N–H and O–H groups in total. The van der Waals surface area contributed by atoms with Gasteiger partial charge < -0.3 is 19.3 Å². The van der Waals surface area contributed by atoms with E-state index in [1.807, 2.05) is 18.2 Å². The Hall–Kier alpha value is -3.60. The molecule has 2 fully saturated rings. The fourth-order valence-electron chi connectivity index (χ4n) is 3.55. The van der Waals surface area contributed by atoms with E-state index in [9.17, 15) is 9.59 Å². The largest absolute Gasteiger partial charge is 0.497 e. The van der Waals surface area contributed by atoms with Crippen molar-refractivity contribution >= 4 is 17.5 Å². The van der Waals surface area contributed by atoms with Crippen LogP contribution in [0.5, 0.6) is 11.6 Å². The number of rotatable bonds is 5. The minimum atomic E-state index is -0.356. The van der Waals surface area contributed by atoms with Crippen LogP contribution in [0.2, 0.25) is 0 Å². The van der Waals surface area contributed by atoms with Gasteiger partial charge in [0.15, 0.2) is 0 Å². The van der Waals surface area contributed by atoms with Gasteiger partial charge in [-0.05, 0) is 30.3 Å². The Labute approximate surface area is 168 Å². The van der Waals surface area contributed by atoms with Crippen LogP contribution in [0.1, 0.15) is 12.0 Å². The van der Waals surface area contributed by atoms with Gasteiger partial charge in [0.1, 0.15) is 11.9 Å². The van der Waals surface area contributed by atoms with Gasteiger partial charge in [-0.25, -0.2) is 4.98 Å². The number of benzene rings is 1. The molecule has 0 radical (unpaired) electrons. The molecule has 0 saturated carbocycles. The van der Waals surface area contributed by atoms with E-state index in [2.05, 4.69) is 4.98 Å². The first-order valence-electron chi connectivity index (χ1n) is 9.33. The number of likely N-dealkylation sites (tertiary alicyclic amines) is 1. The van der Waals surface area contributed by atoms with Crippen LogP contribution >= 0.6 is 0 Å². The van der Waals surface area contributed by atoms with Gasteiger partial charge in [-0.15, -0.1) is 0 Å². The molecule has 2 saturated heterocycles. The minimum absolute atomic E-state index is 0.0343. The fourth-order valence-corrected chi connectivity index (χ4v) is 3.55. The highest BCUT2D eigenvalue weighted by Gasteiger charge is 2.41. The zero-order valence-corrected chi connectivity index (χ0v) is 15.9. The van der Waals surface area contributed by atoms with Gasteiger partial charge in [-0.3, -0.25) is 9.59 Å². The van der Waals surface area contributed by atoms with E-state index in [-0.39, 0.29) is 30.3 Å². The van der Waals surface area contributed by atoms with Crippen molar-refractivity contribution in [3.63, 3.8) is 0 Å². The lowest BCUT2D eigenvalue weighted by atomic mass is 10.0. The number of aromatic nitrogens is 1. The molecule has 2 aliphatic heterocycles. The number of nitrogens with zero attached hydrogens (tertiary/aromatic N) is 4. The highest BCUT2D eigenvalue weighted by Crippen LogP contribution is 2.29. The molecule has 0 aliphatic carbocycles. The van der Waals surface area contributed by atoms with Crippen LogP contribution in [-0.4, -0.2) is 54.5 Å². The van der Waals surface area contributed by atoms with Crippen molar-refractivity contribution in [1.82, 2.24) is 9.88 Å². The average Bonchev–Trinajstić information content (AvgIpc) is 3.12. The van der Waals surface area contributed by atoms with Crippen LogP contribution in [0.4, 0.5) is 5.69 Å². The molecule has 29 heavy (non-hydrogen) atoms. The maximum absolute atomic E-state index is 12.8. The molecule has 0 bridgehead atoms. The predicted molar refractivity (Wildman–Crippen MR) is 103 cm³/mol. The van der Waals surface area contributed by atoms with E-state index in [0.717, 1.165) is 11.4 Å². The summed E-state index contributed by atoms with van der Waals surface area (Å²) in [5.74, 6) is 0.648. The monoisotopic (exact) mass is 392 g/mol. The Morgan fingerprint density at radius 3 is 2.66 bits per heavy atom. The highest BCUT2D eigenvalue weighted by molar-refractivity contribution is 6.00. The van der Waals surface area contributed by atoms with Gasteiger partial charge in [0.25, 0.3) is 0 Å². The molecule has 148 valence electrons. The number of nitriles is 1. The topological polar surface area (TPSA) is 95.8 Å². The zero-order chi connectivity index (χ0) is 20.4. The second-order valence-electron chi connectivity index (χ2n) is 7.08. The van der Waals surface area contributed by atoms with Gasteiger partial charge in [-0.2, -0.15) is 5.26 Å². The molecular weight excluding hydrogens is 372 g/mol. The van der Waals surface area contributed by atoms with Crippen molar-refractivity contribution in [1.29, 1.82) is 5.26 Å². The Morgan fingerprint density at radius 1 is 1.21 bits per heavy atom. The number of pyridine rings is 1. The van der Waals surface area contributed by atoms with Crippen molar-refractivity contribution < 1.29 is 19.1 Å². The SMILES string of the molecule is COc1ccc(N2CC(C(=O)N3CC(Oc4cc(C#N)ccn4)C3)CC2=O)cc1. The molecular formula is C21H20N4O4. The average molecular weight is 392 g/mol. The third-order valence-electron chi connectivity index (χ3n) is 5.17. The van der Waals surface area contributed by atoms with Crippen LogP contribution in [0.3, 0.4) is 0 Å². The summed E-state index contributed by atoms with van der Waals surface area (Å²) in [4.78, 5) is 32.6. The summed E-state index contributed by atoms with van der Waals surface area (Å²) in [5, 5.41) is 8.93. The molecule has 8 nitrogen and oxygen atoms in total. The molecule has 1 aromatic heterocycles. The predicted octanol–water partition coefficient (Wildman–Crippen LogP) is 1.60. The number of carbonyl (C=O) groups excluding carboxylic acids is 2. The quantitative estimate of drug-likeness (QED) is 0.767. The first-order valence-corrected chi connectivity index (χ1v) is 9.33. The van der Waals surface area contributed by atoms with Crippen LogP contribution in [-0.2, 0) is 9.59 Å². The van der Waals surface area contributed by atoms with Crippen molar-refractivity contribution in [3.05, 3.63) is 48.2 Å². The van der Waals surface area contributed by atoms with Crippen molar-refractivity contribution in [2.24, 2.45) is 5.92 Å². The third-order valence-corrected chi connectivity index (χ3v) is 5.17. The molecule has 2 amide bonds. The number of amides is 2. The molecule has 2 aliphatic rings. The molecule has 4 rings (SSSR count). The van der Waals surface area contributed by atoms with Crippen molar-refractivity contribution in [3.8, 4) is 17.7 Å². The van der Waals surface area contributed by atoms with Crippen LogP contribution in [0.15, 0.2) is 42.6 Å². The van der Waals surface area contributed by atoms with Gasteiger partial charge in [0, 0.05) is 30.9 Å². The number of ether oxygens (including phenoxy) is 2. The molecule has 1 atom stereocenters. The summed E-state index contributed by atoms with van der Waals surface area (Å²) >= 11 is 0. The minimum Gasteiger partial charge on any atom is -0.497 e. The lowest BCUT2D eigenvalue weighted by Crippen LogP contribution is -2.57. The Balaban J connectivity index is 1.31. The third kappa shape index (κ3) is 3.85. The Bertz CT molecular complexity index is 963. The summed E-state index contributed by atoms with van der Waals surface area (Å²) < 4.78 is 10.9. The normalized spacial score (nSPS) is 18.9. The molecule has 3 heterocycles. The first kappa shape index (κ1) is 18.7. The van der Waals surface area contributed by atoms with E-state index >= 15 is 0 Å². The fraction of sp³-hybridized carbons (Fsp3) is 0.333. The summed E-state index contributed by atoms with van der Waals surface area (Å²) in [6.45, 7) is 1.27. The second-order valence-corrected chi connectivity index (χ2v) is 7.08. The van der Waals surface area contributed by atoms with E-state index in [1.54, 1.807) is 41.2 Å². The molecule has 1 unspecified atom stereocenters. The molecule has 2 aromatic rings. The smallest absolute Gasteiger partial charge is 0.228 e. The Kier molecular flexibility index (Phi) is 5.04. The maximum atomic E-state index is 12.8. The Morgan fingerprint density at radius 2 is 1.97 bits per heavy atom. The standard InChI is InChI=1S/C21H20N4O4/c1-28-17-4-2-16(3-5-17)25-11-15(9-20(25)26)21(27)24-12-18(13-24)29-19-8-14(10-22)6-7-23-19/h2-8,15,18H,9,11-13H2,1H3. The summed E-state index contributed by atoms with van der Waals surface area (Å²) in [5.41, 5.74) is 1.24. The second kappa shape index (κ2) is 7.80. The van der Waals surface area contributed by atoms with E-state index < -0.39 is 0 Å². The van der Waals surface area contributed by atoms with Gasteiger partial charge >= 0.3 is 0 Å². The molecule has 0 spiro atoms. The van der Waals surface area contributed by atoms with Gasteiger partial charge in [0.05, 0.1) is 37.7 Å². The van der Waals surface area contributed by atoms with Crippen LogP contribution in [0.25, 0.3) is 0 Å². The van der Waals surface area contributed by atoms with Crippen molar-refractivity contribution in [2.75, 3.05) is 31.6 Å². The van der Waals surface area contributed by atoms with Gasteiger partial charge in [0.2, 0.25) is 17.7 Å². The zero-order valence-electron chi connectivity index (χ0n) is 15.9. The number of anilines is 1. The van der Waals surface area contributed by atoms with E-state index in [0.29, 0.717) is 31.1 Å². The number of hydrogen-bond acceptors (Lipinski definition) is 6. The van der Waals surface area contributed by atoms with E-state index in [4.69, 9.17) is 14.7 Å². The lowest BCUT2D eigenvalue weighted by molar-refractivity contribution is -0.144.